The van der Waals surface area contributed by atoms with E-state index >= 15 is 0 Å². The molecule has 0 aromatic rings. The Morgan fingerprint density at radius 2 is 1.64 bits per heavy atom. The van der Waals surface area contributed by atoms with Crippen molar-refractivity contribution in [2.24, 2.45) is 11.8 Å². The molecule has 1 N–H and O–H groups in total. The van der Waals surface area contributed by atoms with Crippen LogP contribution >= 0.6 is 0 Å². The summed E-state index contributed by atoms with van der Waals surface area (Å²) in [5, 5.41) is 9.38. The van der Waals surface area contributed by atoms with Gasteiger partial charge in [0.15, 0.2) is 5.60 Å². The first-order valence-corrected chi connectivity index (χ1v) is 5.05. The van der Waals surface area contributed by atoms with Gasteiger partial charge in [-0.3, -0.25) is 0 Å². The summed E-state index contributed by atoms with van der Waals surface area (Å²) in [5.41, 5.74) is -2.42. The second kappa shape index (κ2) is 3.72. The highest BCUT2D eigenvalue weighted by atomic mass is 19.4. The number of aliphatic hydroxyl groups is 1. The minimum absolute atomic E-state index is 0.140. The van der Waals surface area contributed by atoms with Crippen molar-refractivity contribution in [1.29, 1.82) is 0 Å². The Labute approximate surface area is 82.3 Å². The lowest BCUT2D eigenvalue weighted by molar-refractivity contribution is -0.272. The molecular formula is C10H17F3O. The molecule has 0 aliphatic heterocycles. The van der Waals surface area contributed by atoms with Gasteiger partial charge in [0.05, 0.1) is 0 Å². The van der Waals surface area contributed by atoms with E-state index < -0.39 is 11.8 Å². The highest BCUT2D eigenvalue weighted by molar-refractivity contribution is 4.91. The maximum atomic E-state index is 12.4. The number of alkyl halides is 3. The van der Waals surface area contributed by atoms with Crippen LogP contribution in [-0.2, 0) is 0 Å². The fourth-order valence-electron chi connectivity index (χ4n) is 2.07. The van der Waals surface area contributed by atoms with Gasteiger partial charge in [0.1, 0.15) is 0 Å². The third-order valence-corrected chi connectivity index (χ3v) is 3.33. The molecule has 14 heavy (non-hydrogen) atoms. The van der Waals surface area contributed by atoms with Crippen LogP contribution in [0.25, 0.3) is 0 Å². The van der Waals surface area contributed by atoms with E-state index in [1.807, 2.05) is 13.8 Å². The summed E-state index contributed by atoms with van der Waals surface area (Å²) in [6.45, 7) is 4.03. The highest BCUT2D eigenvalue weighted by Gasteiger charge is 2.54. The molecule has 0 bridgehead atoms. The van der Waals surface area contributed by atoms with E-state index in [2.05, 4.69) is 0 Å². The monoisotopic (exact) mass is 210 g/mol. The Hall–Kier alpha value is -0.250. The molecule has 1 aliphatic rings. The van der Waals surface area contributed by atoms with E-state index in [1.54, 1.807) is 0 Å². The largest absolute Gasteiger partial charge is 0.417 e. The molecule has 0 amide bonds. The molecule has 1 fully saturated rings. The molecule has 0 saturated heterocycles. The molecule has 0 heterocycles. The zero-order valence-corrected chi connectivity index (χ0v) is 8.56. The van der Waals surface area contributed by atoms with Crippen molar-refractivity contribution in [3.05, 3.63) is 0 Å². The molecule has 1 saturated carbocycles. The van der Waals surface area contributed by atoms with E-state index in [-0.39, 0.29) is 12.8 Å². The van der Waals surface area contributed by atoms with Crippen molar-refractivity contribution in [2.75, 3.05) is 0 Å². The Morgan fingerprint density at radius 3 is 1.93 bits per heavy atom. The fourth-order valence-corrected chi connectivity index (χ4v) is 2.07. The van der Waals surface area contributed by atoms with Crippen LogP contribution in [0, 0.1) is 11.8 Å². The van der Waals surface area contributed by atoms with Gasteiger partial charge in [-0.05, 0) is 37.5 Å². The molecule has 0 atom stereocenters. The number of halogens is 3. The van der Waals surface area contributed by atoms with Gasteiger partial charge in [-0.1, -0.05) is 13.8 Å². The Bertz CT molecular complexity index is 190. The van der Waals surface area contributed by atoms with Gasteiger partial charge in [0.25, 0.3) is 0 Å². The Kier molecular flexibility index (Phi) is 3.14. The smallest absolute Gasteiger partial charge is 0.380 e. The zero-order valence-electron chi connectivity index (χ0n) is 8.56. The van der Waals surface area contributed by atoms with Gasteiger partial charge in [-0.25, -0.2) is 0 Å². The molecule has 0 unspecified atom stereocenters. The van der Waals surface area contributed by atoms with E-state index in [0.717, 1.165) is 0 Å². The molecule has 0 aromatic heterocycles. The maximum Gasteiger partial charge on any atom is 0.417 e. The van der Waals surface area contributed by atoms with Gasteiger partial charge in [-0.15, -0.1) is 0 Å². The van der Waals surface area contributed by atoms with Crippen LogP contribution in [0.2, 0.25) is 0 Å². The maximum absolute atomic E-state index is 12.4. The number of hydrogen-bond acceptors (Lipinski definition) is 1. The summed E-state index contributed by atoms with van der Waals surface area (Å²) in [5.74, 6) is 0.741. The first kappa shape index (κ1) is 11.8. The van der Waals surface area contributed by atoms with Crippen molar-refractivity contribution in [3.63, 3.8) is 0 Å². The molecule has 84 valence electrons. The lowest BCUT2D eigenvalue weighted by Gasteiger charge is -2.38. The standard InChI is InChI=1S/C10H17F3O/c1-7(2)8-3-5-9(14,6-4-8)10(11,12)13/h7-8,14H,3-6H2,1-2H3/t8-,9-. The minimum atomic E-state index is -4.46. The van der Waals surface area contributed by atoms with E-state index in [4.69, 9.17) is 0 Å². The lowest BCUT2D eigenvalue weighted by Crippen LogP contribution is -2.48. The van der Waals surface area contributed by atoms with E-state index in [1.165, 1.54) is 0 Å². The minimum Gasteiger partial charge on any atom is -0.380 e. The van der Waals surface area contributed by atoms with Crippen molar-refractivity contribution in [1.82, 2.24) is 0 Å². The van der Waals surface area contributed by atoms with Crippen LogP contribution in [0.1, 0.15) is 39.5 Å². The third-order valence-electron chi connectivity index (χ3n) is 3.33. The summed E-state index contributed by atoms with van der Waals surface area (Å²) >= 11 is 0. The van der Waals surface area contributed by atoms with Gasteiger partial charge in [0.2, 0.25) is 0 Å². The van der Waals surface area contributed by atoms with Crippen LogP contribution in [0.15, 0.2) is 0 Å². The summed E-state index contributed by atoms with van der Waals surface area (Å²) < 4.78 is 37.2. The van der Waals surface area contributed by atoms with Gasteiger partial charge < -0.3 is 5.11 Å². The van der Waals surface area contributed by atoms with Crippen molar-refractivity contribution in [3.8, 4) is 0 Å². The van der Waals surface area contributed by atoms with Gasteiger partial charge >= 0.3 is 6.18 Å². The first-order valence-electron chi connectivity index (χ1n) is 5.05. The van der Waals surface area contributed by atoms with Crippen LogP contribution in [0.3, 0.4) is 0 Å². The molecule has 1 aliphatic carbocycles. The predicted octanol–water partition coefficient (Wildman–Crippen LogP) is 3.13. The van der Waals surface area contributed by atoms with Gasteiger partial charge in [-0.2, -0.15) is 13.2 Å². The number of hydrogen-bond donors (Lipinski definition) is 1. The second-order valence-electron chi connectivity index (χ2n) is 4.61. The van der Waals surface area contributed by atoms with Crippen LogP contribution in [0.5, 0.6) is 0 Å². The Balaban J connectivity index is 2.58. The average molecular weight is 210 g/mol. The molecular weight excluding hydrogens is 193 g/mol. The van der Waals surface area contributed by atoms with Gasteiger partial charge in [0, 0.05) is 0 Å². The fraction of sp³-hybridized carbons (Fsp3) is 1.00. The normalized spacial score (nSPS) is 34.9. The summed E-state index contributed by atoms with van der Waals surface area (Å²) in [6.07, 6.45) is -3.78. The van der Waals surface area contributed by atoms with Crippen molar-refractivity contribution in [2.45, 2.75) is 51.3 Å². The average Bonchev–Trinajstić information content (AvgIpc) is 2.03. The molecule has 0 spiro atoms. The quantitative estimate of drug-likeness (QED) is 0.705. The number of rotatable bonds is 1. The SMILES string of the molecule is CC(C)[C@H]1CC[C@@](O)(C(F)(F)F)CC1. The van der Waals surface area contributed by atoms with Crippen LogP contribution in [-0.4, -0.2) is 16.9 Å². The van der Waals surface area contributed by atoms with Crippen LogP contribution < -0.4 is 0 Å². The predicted molar refractivity (Wildman–Crippen MR) is 47.8 cm³/mol. The first-order chi connectivity index (χ1) is 6.26. The lowest BCUT2D eigenvalue weighted by atomic mass is 9.74. The summed E-state index contributed by atoms with van der Waals surface area (Å²) in [6, 6.07) is 0. The van der Waals surface area contributed by atoms with E-state index in [0.29, 0.717) is 24.7 Å². The van der Waals surface area contributed by atoms with Crippen molar-refractivity contribution < 1.29 is 18.3 Å². The summed E-state index contributed by atoms with van der Waals surface area (Å²) in [7, 11) is 0. The second-order valence-corrected chi connectivity index (χ2v) is 4.61. The Morgan fingerprint density at radius 1 is 1.21 bits per heavy atom. The van der Waals surface area contributed by atoms with Crippen LogP contribution in [0.4, 0.5) is 13.2 Å². The molecule has 1 nitrogen and oxygen atoms in total. The molecule has 4 heteroatoms. The third kappa shape index (κ3) is 2.22. The molecule has 0 aromatic carbocycles. The highest BCUT2D eigenvalue weighted by Crippen LogP contribution is 2.44. The van der Waals surface area contributed by atoms with E-state index in [9.17, 15) is 18.3 Å². The zero-order chi connectivity index (χ0) is 11.0. The van der Waals surface area contributed by atoms with Crippen molar-refractivity contribution >= 4 is 0 Å². The molecule has 0 radical (unpaired) electrons. The topological polar surface area (TPSA) is 20.2 Å². The molecule has 1 rings (SSSR count). The summed E-state index contributed by atoms with van der Waals surface area (Å²) in [4.78, 5) is 0.